The average Bonchev–Trinajstić information content (AvgIpc) is 2.75. The fraction of sp³-hybridized carbons (Fsp3) is 0.750. The molecule has 8 nitrogen and oxygen atoms in total. The number of amides is 1. The molecule has 0 aromatic heterocycles. The van der Waals surface area contributed by atoms with Gasteiger partial charge in [-0.1, -0.05) is 0 Å². The highest BCUT2D eigenvalue weighted by atomic mass is 32.2. The van der Waals surface area contributed by atoms with Gasteiger partial charge in [0, 0.05) is 11.8 Å². The SMILES string of the molecule is COC(=O)/C=C/[C@H](OS(C)(=O)=O)[C@@H]1CSC(C)(C)N1C(=O)OC(C)(C)C. The molecule has 1 rings (SSSR count). The van der Waals surface area contributed by atoms with Gasteiger partial charge in [0.1, 0.15) is 11.7 Å². The number of hydrogen-bond donors (Lipinski definition) is 0. The van der Waals surface area contributed by atoms with Gasteiger partial charge >= 0.3 is 12.1 Å². The Morgan fingerprint density at radius 2 is 1.88 bits per heavy atom. The maximum Gasteiger partial charge on any atom is 0.411 e. The van der Waals surface area contributed by atoms with E-state index in [0.717, 1.165) is 12.3 Å². The highest BCUT2D eigenvalue weighted by Gasteiger charge is 2.48. The van der Waals surface area contributed by atoms with Gasteiger partial charge in [0.05, 0.1) is 24.3 Å². The van der Waals surface area contributed by atoms with Gasteiger partial charge in [-0.25, -0.2) is 9.59 Å². The molecule has 0 spiro atoms. The van der Waals surface area contributed by atoms with E-state index >= 15 is 0 Å². The second-order valence-corrected chi connectivity index (χ2v) is 10.5. The number of nitrogens with zero attached hydrogens (tertiary/aromatic N) is 1. The second-order valence-electron chi connectivity index (χ2n) is 7.32. The number of esters is 1. The van der Waals surface area contributed by atoms with Crippen molar-refractivity contribution in [3.05, 3.63) is 12.2 Å². The summed E-state index contributed by atoms with van der Waals surface area (Å²) in [6.07, 6.45) is 1.66. The molecule has 0 aromatic carbocycles. The van der Waals surface area contributed by atoms with Gasteiger partial charge in [-0.05, 0) is 40.7 Å². The Hall–Kier alpha value is -1.26. The number of rotatable bonds is 5. The molecule has 150 valence electrons. The van der Waals surface area contributed by atoms with Crippen LogP contribution in [-0.4, -0.2) is 67.1 Å². The van der Waals surface area contributed by atoms with Crippen LogP contribution in [-0.2, 0) is 28.6 Å². The second kappa shape index (κ2) is 8.18. The molecule has 0 aliphatic carbocycles. The Morgan fingerprint density at radius 3 is 2.35 bits per heavy atom. The molecule has 1 fully saturated rings. The van der Waals surface area contributed by atoms with E-state index in [4.69, 9.17) is 8.92 Å². The molecule has 1 saturated heterocycles. The Bertz CT molecular complexity index is 665. The number of thioether (sulfide) groups is 1. The van der Waals surface area contributed by atoms with Crippen LogP contribution < -0.4 is 0 Å². The Kier molecular flexibility index (Phi) is 7.17. The zero-order valence-corrected chi connectivity index (χ0v) is 17.8. The number of ether oxygens (including phenoxy) is 2. The van der Waals surface area contributed by atoms with E-state index in [1.807, 2.05) is 13.8 Å². The van der Waals surface area contributed by atoms with Crippen LogP contribution in [0.3, 0.4) is 0 Å². The van der Waals surface area contributed by atoms with Crippen molar-refractivity contribution in [2.24, 2.45) is 0 Å². The zero-order chi connectivity index (χ0) is 20.3. The molecule has 0 radical (unpaired) electrons. The van der Waals surface area contributed by atoms with Crippen LogP contribution in [0.25, 0.3) is 0 Å². The van der Waals surface area contributed by atoms with Crippen molar-refractivity contribution in [1.82, 2.24) is 4.90 Å². The third kappa shape index (κ3) is 6.81. The first-order valence-corrected chi connectivity index (χ1v) is 10.8. The number of carbonyl (C=O) groups excluding carboxylic acids is 2. The fourth-order valence-electron chi connectivity index (χ4n) is 2.41. The molecule has 0 unspecified atom stereocenters. The molecule has 1 heterocycles. The summed E-state index contributed by atoms with van der Waals surface area (Å²) in [7, 11) is -2.62. The summed E-state index contributed by atoms with van der Waals surface area (Å²) in [6, 6.07) is -0.638. The highest BCUT2D eigenvalue weighted by molar-refractivity contribution is 8.00. The zero-order valence-electron chi connectivity index (χ0n) is 16.1. The Balaban J connectivity index is 3.22. The van der Waals surface area contributed by atoms with E-state index in [1.54, 1.807) is 20.8 Å². The first kappa shape index (κ1) is 22.8. The smallest absolute Gasteiger partial charge is 0.411 e. The Morgan fingerprint density at radius 1 is 1.31 bits per heavy atom. The molecule has 0 N–H and O–H groups in total. The third-order valence-electron chi connectivity index (χ3n) is 3.40. The first-order chi connectivity index (χ1) is 11.7. The summed E-state index contributed by atoms with van der Waals surface area (Å²) >= 11 is 1.46. The topological polar surface area (TPSA) is 99.2 Å². The van der Waals surface area contributed by atoms with Gasteiger partial charge in [-0.3, -0.25) is 9.08 Å². The first-order valence-electron chi connectivity index (χ1n) is 7.97. The molecule has 10 heteroatoms. The standard InChI is InChI=1S/C16H27NO7S2/c1-15(2,3)23-14(19)17-11(10-25-16(17,4)5)12(24-26(7,20)21)8-9-13(18)22-6/h8-9,11-12H,10H2,1-7H3/b9-8+/t11-,12-/m0/s1. The summed E-state index contributed by atoms with van der Waals surface area (Å²) in [6.45, 7) is 8.92. The van der Waals surface area contributed by atoms with Crippen molar-refractivity contribution in [2.45, 2.75) is 57.2 Å². The van der Waals surface area contributed by atoms with Gasteiger partial charge in [-0.15, -0.1) is 11.8 Å². The molecule has 0 bridgehead atoms. The van der Waals surface area contributed by atoms with Gasteiger partial charge < -0.3 is 9.47 Å². The summed E-state index contributed by atoms with van der Waals surface area (Å²) < 4.78 is 38.5. The van der Waals surface area contributed by atoms with Gasteiger partial charge in [0.2, 0.25) is 0 Å². The van der Waals surface area contributed by atoms with Crippen molar-refractivity contribution in [2.75, 3.05) is 19.1 Å². The molecule has 2 atom stereocenters. The number of methoxy groups -OCH3 is 1. The van der Waals surface area contributed by atoms with Crippen molar-refractivity contribution in [3.8, 4) is 0 Å². The molecule has 26 heavy (non-hydrogen) atoms. The lowest BCUT2D eigenvalue weighted by atomic mass is 10.1. The van der Waals surface area contributed by atoms with E-state index in [0.29, 0.717) is 5.75 Å². The normalized spacial score (nSPS) is 21.7. The lowest BCUT2D eigenvalue weighted by Gasteiger charge is -2.37. The maximum absolute atomic E-state index is 12.7. The molecular weight excluding hydrogens is 382 g/mol. The average molecular weight is 410 g/mol. The lowest BCUT2D eigenvalue weighted by Crippen LogP contribution is -2.53. The number of carbonyl (C=O) groups is 2. The molecule has 0 saturated carbocycles. The lowest BCUT2D eigenvalue weighted by molar-refractivity contribution is -0.134. The summed E-state index contributed by atoms with van der Waals surface area (Å²) in [4.78, 5) is 24.9. The van der Waals surface area contributed by atoms with Gasteiger partial charge in [0.15, 0.2) is 0 Å². The number of hydrogen-bond acceptors (Lipinski definition) is 8. The fourth-order valence-corrected chi connectivity index (χ4v) is 4.27. The quantitative estimate of drug-likeness (QED) is 0.387. The molecule has 0 aromatic rings. The molecule has 1 amide bonds. The van der Waals surface area contributed by atoms with Crippen LogP contribution in [0.5, 0.6) is 0 Å². The van der Waals surface area contributed by atoms with Crippen LogP contribution in [0.15, 0.2) is 12.2 Å². The van der Waals surface area contributed by atoms with Crippen molar-refractivity contribution < 1.29 is 31.7 Å². The Labute approximate surface area is 159 Å². The minimum absolute atomic E-state index is 0.415. The van der Waals surface area contributed by atoms with Crippen LogP contribution in [0.1, 0.15) is 34.6 Å². The van der Waals surface area contributed by atoms with E-state index in [9.17, 15) is 18.0 Å². The third-order valence-corrected chi connectivity index (χ3v) is 5.38. The molecule has 1 aliphatic heterocycles. The monoisotopic (exact) mass is 409 g/mol. The van der Waals surface area contributed by atoms with E-state index in [2.05, 4.69) is 4.74 Å². The van der Waals surface area contributed by atoms with Gasteiger partial charge in [-0.2, -0.15) is 8.42 Å². The maximum atomic E-state index is 12.7. The van der Waals surface area contributed by atoms with Crippen molar-refractivity contribution >= 4 is 33.9 Å². The predicted molar refractivity (Wildman–Crippen MR) is 99.3 cm³/mol. The largest absolute Gasteiger partial charge is 0.466 e. The highest BCUT2D eigenvalue weighted by Crippen LogP contribution is 2.41. The van der Waals surface area contributed by atoms with Crippen molar-refractivity contribution in [3.63, 3.8) is 0 Å². The van der Waals surface area contributed by atoms with E-state index in [1.165, 1.54) is 29.8 Å². The molecular formula is C16H27NO7S2. The minimum atomic E-state index is -3.83. The van der Waals surface area contributed by atoms with E-state index in [-0.39, 0.29) is 0 Å². The summed E-state index contributed by atoms with van der Waals surface area (Å²) in [5.74, 6) is -0.237. The van der Waals surface area contributed by atoms with Crippen LogP contribution >= 0.6 is 11.8 Å². The summed E-state index contributed by atoms with van der Waals surface area (Å²) in [5, 5.41) is 0. The molecule has 1 aliphatic rings. The van der Waals surface area contributed by atoms with Crippen LogP contribution in [0, 0.1) is 0 Å². The van der Waals surface area contributed by atoms with Gasteiger partial charge in [0.25, 0.3) is 10.1 Å². The van der Waals surface area contributed by atoms with Crippen molar-refractivity contribution in [1.29, 1.82) is 0 Å². The predicted octanol–water partition coefficient (Wildman–Crippen LogP) is 2.15. The van der Waals surface area contributed by atoms with Crippen LogP contribution in [0.2, 0.25) is 0 Å². The minimum Gasteiger partial charge on any atom is -0.466 e. The van der Waals surface area contributed by atoms with Crippen LogP contribution in [0.4, 0.5) is 4.79 Å². The summed E-state index contributed by atoms with van der Waals surface area (Å²) in [5.41, 5.74) is -0.708. The van der Waals surface area contributed by atoms with E-state index < -0.39 is 44.8 Å².